The second-order valence-electron chi connectivity index (χ2n) is 6.30. The molecule has 3 heterocycles. The quantitative estimate of drug-likeness (QED) is 0.844. The van der Waals surface area contributed by atoms with Crippen molar-refractivity contribution >= 4 is 17.2 Å². The lowest BCUT2D eigenvalue weighted by Gasteiger charge is -2.23. The first-order valence-corrected chi connectivity index (χ1v) is 8.95. The average Bonchev–Trinajstić information content (AvgIpc) is 3.25. The van der Waals surface area contributed by atoms with Crippen LogP contribution in [0.1, 0.15) is 64.0 Å². The molecule has 2 aromatic heterocycles. The summed E-state index contributed by atoms with van der Waals surface area (Å²) in [5.41, 5.74) is 3.58. The lowest BCUT2D eigenvalue weighted by molar-refractivity contribution is 0.0718. The van der Waals surface area contributed by atoms with E-state index in [-0.39, 0.29) is 11.9 Å². The van der Waals surface area contributed by atoms with Crippen LogP contribution in [0.4, 0.5) is 0 Å². The topological polar surface area (TPSA) is 46.3 Å². The minimum atomic E-state index is 0.0510. The van der Waals surface area contributed by atoms with E-state index in [0.717, 1.165) is 48.6 Å². The van der Waals surface area contributed by atoms with Crippen LogP contribution in [-0.4, -0.2) is 22.5 Å². The molecular weight excluding hydrogens is 296 g/mol. The first-order chi connectivity index (χ1) is 10.7. The van der Waals surface area contributed by atoms with Gasteiger partial charge in [-0.15, -0.1) is 11.3 Å². The predicted molar refractivity (Wildman–Crippen MR) is 85.2 cm³/mol. The Balaban J connectivity index is 1.63. The Labute approximate surface area is 134 Å². The number of hydrogen-bond acceptors (Lipinski definition) is 4. The van der Waals surface area contributed by atoms with Crippen LogP contribution in [0.5, 0.6) is 0 Å². The highest BCUT2D eigenvalue weighted by atomic mass is 32.1. The zero-order valence-corrected chi connectivity index (χ0v) is 13.6. The molecule has 0 unspecified atom stereocenters. The van der Waals surface area contributed by atoms with E-state index < -0.39 is 0 Å². The van der Waals surface area contributed by atoms with Crippen LogP contribution in [0.3, 0.4) is 0 Å². The van der Waals surface area contributed by atoms with Crippen molar-refractivity contribution in [2.24, 2.45) is 0 Å². The highest BCUT2D eigenvalue weighted by molar-refractivity contribution is 7.12. The van der Waals surface area contributed by atoms with Crippen molar-refractivity contribution in [1.82, 2.24) is 10.1 Å². The Morgan fingerprint density at radius 1 is 1.36 bits per heavy atom. The highest BCUT2D eigenvalue weighted by Crippen LogP contribution is 2.37. The van der Waals surface area contributed by atoms with Gasteiger partial charge in [0.05, 0.1) is 16.6 Å². The zero-order chi connectivity index (χ0) is 15.1. The number of nitrogens with zero attached hydrogens (tertiary/aromatic N) is 2. The maximum atomic E-state index is 13.0. The van der Waals surface area contributed by atoms with Gasteiger partial charge < -0.3 is 9.42 Å². The normalized spacial score (nSPS) is 21.1. The maximum Gasteiger partial charge on any atom is 0.264 e. The highest BCUT2D eigenvalue weighted by Gasteiger charge is 2.35. The first-order valence-electron chi connectivity index (χ1n) is 8.07. The molecule has 1 amide bonds. The summed E-state index contributed by atoms with van der Waals surface area (Å²) in [5, 5.41) is 6.16. The summed E-state index contributed by atoms with van der Waals surface area (Å²) < 4.78 is 5.42. The van der Waals surface area contributed by atoms with Gasteiger partial charge in [-0.2, -0.15) is 0 Å². The van der Waals surface area contributed by atoms with Crippen LogP contribution >= 0.6 is 11.3 Å². The molecule has 0 bridgehead atoms. The molecule has 22 heavy (non-hydrogen) atoms. The molecule has 5 heteroatoms. The number of fused-ring (bicyclic) bond motifs is 1. The molecule has 1 saturated heterocycles. The summed E-state index contributed by atoms with van der Waals surface area (Å²) in [7, 11) is 0. The van der Waals surface area contributed by atoms with Crippen molar-refractivity contribution in [3.8, 4) is 0 Å². The molecule has 4 nitrogen and oxygen atoms in total. The molecule has 1 aliphatic heterocycles. The number of thiophene rings is 1. The van der Waals surface area contributed by atoms with Gasteiger partial charge in [0.2, 0.25) is 0 Å². The van der Waals surface area contributed by atoms with E-state index in [0.29, 0.717) is 0 Å². The van der Waals surface area contributed by atoms with Crippen LogP contribution in [-0.2, 0) is 12.8 Å². The van der Waals surface area contributed by atoms with Crippen molar-refractivity contribution in [3.05, 3.63) is 38.9 Å². The third-order valence-corrected chi connectivity index (χ3v) is 5.85. The average molecular weight is 316 g/mol. The number of aromatic nitrogens is 1. The Morgan fingerprint density at radius 3 is 3.05 bits per heavy atom. The first kappa shape index (κ1) is 14.0. The van der Waals surface area contributed by atoms with E-state index in [1.54, 1.807) is 11.3 Å². The second-order valence-corrected chi connectivity index (χ2v) is 7.18. The Kier molecular flexibility index (Phi) is 3.53. The molecule has 0 aromatic carbocycles. The van der Waals surface area contributed by atoms with Crippen LogP contribution in [0.25, 0.3) is 0 Å². The summed E-state index contributed by atoms with van der Waals surface area (Å²) in [5.74, 6) is 1.01. The van der Waals surface area contributed by atoms with E-state index in [4.69, 9.17) is 4.52 Å². The molecule has 116 valence electrons. The largest absolute Gasteiger partial charge is 0.359 e. The fraction of sp³-hybridized carbons (Fsp3) is 0.529. The molecule has 0 radical (unpaired) electrons. The van der Waals surface area contributed by atoms with Gasteiger partial charge in [0, 0.05) is 12.6 Å². The molecule has 0 saturated carbocycles. The van der Waals surface area contributed by atoms with Crippen molar-refractivity contribution in [3.63, 3.8) is 0 Å². The molecule has 1 aliphatic carbocycles. The van der Waals surface area contributed by atoms with Gasteiger partial charge in [0.25, 0.3) is 5.91 Å². The van der Waals surface area contributed by atoms with Crippen LogP contribution in [0, 0.1) is 6.92 Å². The second kappa shape index (κ2) is 5.54. The van der Waals surface area contributed by atoms with Crippen molar-refractivity contribution in [2.75, 3.05) is 6.54 Å². The number of carbonyl (C=O) groups is 1. The molecule has 1 fully saturated rings. The summed E-state index contributed by atoms with van der Waals surface area (Å²) >= 11 is 1.63. The van der Waals surface area contributed by atoms with Gasteiger partial charge >= 0.3 is 0 Å². The Bertz CT molecular complexity index is 703. The standard InChI is InChI=1S/C17H20N2O2S/c1-11-9-15(21-18-11)14-7-4-8-19(14)17(20)16-13-6-3-2-5-12(13)10-22-16/h9-10,14H,2-8H2,1H3/t14-/m0/s1. The van der Waals surface area contributed by atoms with Gasteiger partial charge in [-0.25, -0.2) is 0 Å². The Morgan fingerprint density at radius 2 is 2.23 bits per heavy atom. The van der Waals surface area contributed by atoms with Crippen molar-refractivity contribution in [2.45, 2.75) is 51.5 Å². The molecule has 2 aromatic rings. The number of carbonyl (C=O) groups excluding carboxylic acids is 1. The molecular formula is C17H20N2O2S. The van der Waals surface area contributed by atoms with Gasteiger partial charge in [-0.3, -0.25) is 4.79 Å². The maximum absolute atomic E-state index is 13.0. The van der Waals surface area contributed by atoms with Gasteiger partial charge in [-0.1, -0.05) is 5.16 Å². The van der Waals surface area contributed by atoms with Gasteiger partial charge in [-0.05, 0) is 62.0 Å². The molecule has 2 aliphatic rings. The third-order valence-electron chi connectivity index (χ3n) is 4.79. The van der Waals surface area contributed by atoms with Gasteiger partial charge in [0.15, 0.2) is 5.76 Å². The molecule has 1 atom stereocenters. The van der Waals surface area contributed by atoms with Crippen molar-refractivity contribution in [1.29, 1.82) is 0 Å². The fourth-order valence-electron chi connectivity index (χ4n) is 3.68. The predicted octanol–water partition coefficient (Wildman–Crippen LogP) is 3.90. The SMILES string of the molecule is Cc1cc([C@@H]2CCCN2C(=O)c2scc3c2CCCC3)on1. The van der Waals surface area contributed by atoms with Crippen molar-refractivity contribution < 1.29 is 9.32 Å². The monoisotopic (exact) mass is 316 g/mol. The van der Waals surface area contributed by atoms with Gasteiger partial charge in [0.1, 0.15) is 0 Å². The lowest BCUT2D eigenvalue weighted by atomic mass is 9.93. The smallest absolute Gasteiger partial charge is 0.264 e. The summed E-state index contributed by atoms with van der Waals surface area (Å²) in [6.45, 7) is 2.74. The van der Waals surface area contributed by atoms with Crippen LogP contribution in [0.15, 0.2) is 16.0 Å². The fourth-order valence-corrected chi connectivity index (χ4v) is 4.79. The van der Waals surface area contributed by atoms with Crippen LogP contribution < -0.4 is 0 Å². The number of rotatable bonds is 2. The number of hydrogen-bond donors (Lipinski definition) is 0. The minimum absolute atomic E-state index is 0.0510. The number of amides is 1. The van der Waals surface area contributed by atoms with E-state index in [9.17, 15) is 4.79 Å². The molecule has 0 N–H and O–H groups in total. The van der Waals surface area contributed by atoms with E-state index in [1.807, 2.05) is 17.9 Å². The van der Waals surface area contributed by atoms with E-state index in [1.165, 1.54) is 24.0 Å². The molecule has 0 spiro atoms. The Hall–Kier alpha value is -1.62. The zero-order valence-electron chi connectivity index (χ0n) is 12.8. The summed E-state index contributed by atoms with van der Waals surface area (Å²) in [6, 6.07) is 2.01. The third kappa shape index (κ3) is 2.28. The number of aryl methyl sites for hydroxylation is 2. The van der Waals surface area contributed by atoms with E-state index >= 15 is 0 Å². The lowest BCUT2D eigenvalue weighted by Crippen LogP contribution is -2.30. The van der Waals surface area contributed by atoms with E-state index in [2.05, 4.69) is 10.5 Å². The molecule has 4 rings (SSSR count). The van der Waals surface area contributed by atoms with Crippen LogP contribution in [0.2, 0.25) is 0 Å². The summed E-state index contributed by atoms with van der Waals surface area (Å²) in [6.07, 6.45) is 6.64. The summed E-state index contributed by atoms with van der Waals surface area (Å²) in [4.78, 5) is 16.0. The minimum Gasteiger partial charge on any atom is -0.359 e. The number of likely N-dealkylation sites (tertiary alicyclic amines) is 1.